The largest absolute Gasteiger partial charge is 0.379 e. The zero-order valence-corrected chi connectivity index (χ0v) is 20.3. The number of ether oxygens (including phenoxy) is 1. The minimum absolute atomic E-state index is 0.00865. The van der Waals surface area contributed by atoms with Crippen LogP contribution < -0.4 is 10.2 Å². The zero-order valence-electron chi connectivity index (χ0n) is 19.5. The first kappa shape index (κ1) is 24.2. The Morgan fingerprint density at radius 2 is 2.00 bits per heavy atom. The van der Waals surface area contributed by atoms with Gasteiger partial charge in [0.1, 0.15) is 5.82 Å². The monoisotopic (exact) mass is 483 g/mol. The molecule has 0 unspecified atom stereocenters. The molecule has 1 aromatic carbocycles. The van der Waals surface area contributed by atoms with Gasteiger partial charge in [0.05, 0.1) is 11.7 Å². The molecule has 34 heavy (non-hydrogen) atoms. The van der Waals surface area contributed by atoms with E-state index in [1.165, 1.54) is 0 Å². The molecule has 1 fully saturated rings. The number of halogens is 1. The van der Waals surface area contributed by atoms with Gasteiger partial charge in [-0.25, -0.2) is 4.98 Å². The van der Waals surface area contributed by atoms with E-state index < -0.39 is 0 Å². The predicted octanol–water partition coefficient (Wildman–Crippen LogP) is 4.60. The number of amides is 1. The van der Waals surface area contributed by atoms with Crippen molar-refractivity contribution >= 4 is 23.3 Å². The molecular weight excluding hydrogens is 454 g/mol. The first-order valence-electron chi connectivity index (χ1n) is 11.7. The van der Waals surface area contributed by atoms with E-state index in [2.05, 4.69) is 25.3 Å². The smallest absolute Gasteiger partial charge is 0.261 e. The van der Waals surface area contributed by atoms with Crippen LogP contribution in [0.25, 0.3) is 22.8 Å². The number of hydrogen-bond acceptors (Lipinski definition) is 7. The zero-order chi connectivity index (χ0) is 23.9. The Kier molecular flexibility index (Phi) is 8.13. The van der Waals surface area contributed by atoms with Crippen LogP contribution in [0.4, 0.5) is 5.82 Å². The van der Waals surface area contributed by atoms with Crippen LogP contribution in [-0.2, 0) is 9.53 Å². The number of nitrogens with one attached hydrogen (secondary N) is 1. The predicted molar refractivity (Wildman–Crippen MR) is 132 cm³/mol. The van der Waals surface area contributed by atoms with Gasteiger partial charge in [-0.1, -0.05) is 16.8 Å². The van der Waals surface area contributed by atoms with Crippen LogP contribution in [0.3, 0.4) is 0 Å². The quantitative estimate of drug-likeness (QED) is 0.444. The van der Waals surface area contributed by atoms with Crippen LogP contribution in [-0.4, -0.2) is 53.4 Å². The first-order chi connectivity index (χ1) is 16.5. The second kappa shape index (κ2) is 11.4. The number of carbonyl (C=O) groups excluding carboxylic acids is 1. The molecule has 4 rings (SSSR count). The number of nitrogens with zero attached hydrogens (tertiary/aromatic N) is 4. The van der Waals surface area contributed by atoms with Gasteiger partial charge < -0.3 is 19.5 Å². The average Bonchev–Trinajstić information content (AvgIpc) is 3.34. The van der Waals surface area contributed by atoms with Crippen molar-refractivity contribution in [3.63, 3.8) is 0 Å². The normalized spacial score (nSPS) is 14.5. The molecule has 3 aromatic rings. The summed E-state index contributed by atoms with van der Waals surface area (Å²) in [7, 11) is 0. The second-order valence-corrected chi connectivity index (χ2v) is 9.07. The summed E-state index contributed by atoms with van der Waals surface area (Å²) < 4.78 is 11.1. The fourth-order valence-corrected chi connectivity index (χ4v) is 4.09. The fraction of sp³-hybridized carbons (Fsp3) is 0.440. The summed E-state index contributed by atoms with van der Waals surface area (Å²) in [6.45, 7) is 6.79. The van der Waals surface area contributed by atoms with E-state index in [1.807, 2.05) is 38.1 Å². The Morgan fingerprint density at radius 1 is 1.24 bits per heavy atom. The maximum atomic E-state index is 12.6. The number of hydrogen-bond donors (Lipinski definition) is 1. The summed E-state index contributed by atoms with van der Waals surface area (Å²) in [6.07, 6.45) is 4.33. The van der Waals surface area contributed by atoms with E-state index in [0.717, 1.165) is 49.3 Å². The van der Waals surface area contributed by atoms with Crippen LogP contribution in [0.5, 0.6) is 0 Å². The van der Waals surface area contributed by atoms with Gasteiger partial charge in [0.2, 0.25) is 11.7 Å². The van der Waals surface area contributed by atoms with Crippen molar-refractivity contribution in [3.05, 3.63) is 47.6 Å². The third-order valence-corrected chi connectivity index (χ3v) is 6.03. The van der Waals surface area contributed by atoms with E-state index in [1.54, 1.807) is 18.3 Å². The molecule has 1 amide bonds. The van der Waals surface area contributed by atoms with Crippen molar-refractivity contribution in [2.24, 2.45) is 5.92 Å². The SMILES string of the molecule is CC(C)OCCCNC(=O)C1CCN(c2ncccc2-c2nc(-c3ccc(Cl)cc3)no2)CC1. The van der Waals surface area contributed by atoms with Crippen LogP contribution >= 0.6 is 11.6 Å². The Balaban J connectivity index is 1.36. The van der Waals surface area contributed by atoms with Crippen LogP contribution in [0.15, 0.2) is 47.1 Å². The van der Waals surface area contributed by atoms with Crippen molar-refractivity contribution in [2.45, 2.75) is 39.2 Å². The molecule has 180 valence electrons. The molecule has 8 nitrogen and oxygen atoms in total. The van der Waals surface area contributed by atoms with Crippen LogP contribution in [0.1, 0.15) is 33.1 Å². The van der Waals surface area contributed by atoms with E-state index in [0.29, 0.717) is 29.9 Å². The standard InChI is InChI=1S/C25H30ClN5O3/c1-17(2)33-16-4-13-28-24(32)19-10-14-31(15-11-19)23-21(5-3-12-27-23)25-29-22(30-34-25)18-6-8-20(26)9-7-18/h3,5-9,12,17,19H,4,10-11,13-16H2,1-2H3,(H,28,32). The maximum absolute atomic E-state index is 12.6. The van der Waals surface area contributed by atoms with Gasteiger partial charge in [-0.2, -0.15) is 4.98 Å². The summed E-state index contributed by atoms with van der Waals surface area (Å²) in [6, 6.07) is 11.1. The Bertz CT molecular complexity index is 1080. The Morgan fingerprint density at radius 3 is 2.74 bits per heavy atom. The van der Waals surface area contributed by atoms with E-state index in [4.69, 9.17) is 20.9 Å². The highest BCUT2D eigenvalue weighted by atomic mass is 35.5. The lowest BCUT2D eigenvalue weighted by molar-refractivity contribution is -0.125. The van der Waals surface area contributed by atoms with Crippen molar-refractivity contribution in [3.8, 4) is 22.8 Å². The summed E-state index contributed by atoms with van der Waals surface area (Å²) in [5.74, 6) is 1.83. The molecule has 3 heterocycles. The lowest BCUT2D eigenvalue weighted by Crippen LogP contribution is -2.41. The molecule has 0 saturated carbocycles. The van der Waals surface area contributed by atoms with E-state index in [-0.39, 0.29) is 17.9 Å². The van der Waals surface area contributed by atoms with Gasteiger partial charge in [0.25, 0.3) is 5.89 Å². The van der Waals surface area contributed by atoms with E-state index >= 15 is 0 Å². The lowest BCUT2D eigenvalue weighted by atomic mass is 9.95. The number of pyridine rings is 1. The van der Waals surface area contributed by atoms with Crippen LogP contribution in [0, 0.1) is 5.92 Å². The molecule has 2 aromatic heterocycles. The molecular formula is C25H30ClN5O3. The Hall–Kier alpha value is -2.97. The fourth-order valence-electron chi connectivity index (χ4n) is 3.97. The van der Waals surface area contributed by atoms with Crippen molar-refractivity contribution in [1.29, 1.82) is 0 Å². The average molecular weight is 484 g/mol. The molecule has 0 atom stereocenters. The third-order valence-electron chi connectivity index (χ3n) is 5.78. The molecule has 1 N–H and O–H groups in total. The van der Waals surface area contributed by atoms with Gasteiger partial charge in [-0.3, -0.25) is 4.79 Å². The van der Waals surface area contributed by atoms with Crippen molar-refractivity contribution in [1.82, 2.24) is 20.4 Å². The molecule has 1 saturated heterocycles. The van der Waals surface area contributed by atoms with Crippen LogP contribution in [0.2, 0.25) is 5.02 Å². The number of rotatable bonds is 9. The topological polar surface area (TPSA) is 93.4 Å². The number of carbonyl (C=O) groups is 1. The van der Waals surface area contributed by atoms with Crippen molar-refractivity contribution in [2.75, 3.05) is 31.1 Å². The first-order valence-corrected chi connectivity index (χ1v) is 12.1. The highest BCUT2D eigenvalue weighted by Gasteiger charge is 2.27. The number of aromatic nitrogens is 3. The molecule has 1 aliphatic rings. The van der Waals surface area contributed by atoms with Crippen molar-refractivity contribution < 1.29 is 14.1 Å². The molecule has 9 heteroatoms. The van der Waals surface area contributed by atoms with Gasteiger partial charge in [-0.15, -0.1) is 0 Å². The third kappa shape index (κ3) is 6.12. The number of benzene rings is 1. The molecule has 0 spiro atoms. The number of anilines is 1. The Labute approximate surface area is 204 Å². The molecule has 1 aliphatic heterocycles. The minimum Gasteiger partial charge on any atom is -0.379 e. The summed E-state index contributed by atoms with van der Waals surface area (Å²) in [4.78, 5) is 23.9. The molecule has 0 radical (unpaired) electrons. The summed E-state index contributed by atoms with van der Waals surface area (Å²) in [5.41, 5.74) is 1.61. The highest BCUT2D eigenvalue weighted by molar-refractivity contribution is 6.30. The highest BCUT2D eigenvalue weighted by Crippen LogP contribution is 2.32. The lowest BCUT2D eigenvalue weighted by Gasteiger charge is -2.32. The number of piperidine rings is 1. The second-order valence-electron chi connectivity index (χ2n) is 8.63. The summed E-state index contributed by atoms with van der Waals surface area (Å²) in [5, 5.41) is 7.83. The summed E-state index contributed by atoms with van der Waals surface area (Å²) >= 11 is 5.98. The van der Waals surface area contributed by atoms with Gasteiger partial charge in [0, 0.05) is 48.9 Å². The minimum atomic E-state index is 0.00865. The van der Waals surface area contributed by atoms with Gasteiger partial charge >= 0.3 is 0 Å². The molecule has 0 bridgehead atoms. The maximum Gasteiger partial charge on any atom is 0.261 e. The van der Waals surface area contributed by atoms with Gasteiger partial charge in [-0.05, 0) is 69.5 Å². The van der Waals surface area contributed by atoms with Gasteiger partial charge in [0.15, 0.2) is 0 Å². The molecule has 0 aliphatic carbocycles. The van der Waals surface area contributed by atoms with E-state index in [9.17, 15) is 4.79 Å².